The smallest absolute Gasteiger partial charge is 0.138 e. The Balaban J connectivity index is 0.00000228. The number of H-pyrrole nitrogens is 2. The van der Waals surface area contributed by atoms with Gasteiger partial charge in [-0.25, -0.2) is 9.97 Å². The van der Waals surface area contributed by atoms with Crippen LogP contribution >= 0.6 is 0 Å². The van der Waals surface area contributed by atoms with Crippen molar-refractivity contribution in [3.8, 4) is 22.8 Å². The molecule has 1 saturated heterocycles. The van der Waals surface area contributed by atoms with Gasteiger partial charge in [-0.05, 0) is 56.2 Å². The van der Waals surface area contributed by atoms with E-state index >= 15 is 0 Å². The first kappa shape index (κ1) is 19.1. The molecule has 0 amide bonds. The number of hydrogen-bond donors (Lipinski definition) is 3. The van der Waals surface area contributed by atoms with E-state index in [4.69, 9.17) is 15.7 Å². The molecule has 0 radical (unpaired) electrons. The highest BCUT2D eigenvalue weighted by Gasteiger charge is 2.17. The molecular formula is C26H28N6. The summed E-state index contributed by atoms with van der Waals surface area (Å²) in [5, 5.41) is 0. The molecule has 0 spiro atoms. The molecule has 3 aromatic carbocycles. The third-order valence-corrected chi connectivity index (χ3v) is 6.45. The van der Waals surface area contributed by atoms with E-state index in [9.17, 15) is 0 Å². The van der Waals surface area contributed by atoms with Crippen LogP contribution in [0, 0.1) is 6.92 Å². The lowest BCUT2D eigenvalue weighted by Gasteiger charge is -2.31. The number of fused-ring (bicyclic) bond motifs is 2. The third-order valence-electron chi connectivity index (χ3n) is 6.45. The summed E-state index contributed by atoms with van der Waals surface area (Å²) >= 11 is 0. The predicted molar refractivity (Wildman–Crippen MR) is 133 cm³/mol. The Kier molecular flexibility index (Phi) is 4.47. The Bertz CT molecular complexity index is 1410. The standard InChI is InChI=1S/C26H26N6.H2/c1-16-2-4-17(5-3-16)25-28-21-8-6-18(14-23(21)30-25)26-29-22-9-7-20(15-24(22)31-26)32-12-10-19(27)11-13-32;/h2-9,14-15,19H,10-13,27H2,1H3,(H,28,30)(H,29,31);1H. The molecule has 1 aliphatic heterocycles. The minimum Gasteiger partial charge on any atom is -0.371 e. The van der Waals surface area contributed by atoms with Crippen molar-refractivity contribution in [2.24, 2.45) is 5.73 Å². The number of anilines is 1. The number of aryl methyl sites for hydroxylation is 1. The van der Waals surface area contributed by atoms with Crippen molar-refractivity contribution in [3.63, 3.8) is 0 Å². The van der Waals surface area contributed by atoms with Crippen molar-refractivity contribution in [1.29, 1.82) is 0 Å². The summed E-state index contributed by atoms with van der Waals surface area (Å²) in [6.45, 7) is 4.11. The number of rotatable bonds is 3. The number of aromatic nitrogens is 4. The molecule has 0 atom stereocenters. The van der Waals surface area contributed by atoms with Crippen molar-refractivity contribution >= 4 is 27.8 Å². The maximum absolute atomic E-state index is 6.06. The molecular weight excluding hydrogens is 396 g/mol. The second kappa shape index (κ2) is 7.50. The summed E-state index contributed by atoms with van der Waals surface area (Å²) in [7, 11) is 0. The number of nitrogens with zero attached hydrogens (tertiary/aromatic N) is 3. The number of aromatic amines is 2. The third kappa shape index (κ3) is 3.42. The summed E-state index contributed by atoms with van der Waals surface area (Å²) in [6, 6.07) is 21.4. The molecule has 2 aromatic heterocycles. The van der Waals surface area contributed by atoms with E-state index in [1.54, 1.807) is 0 Å². The fourth-order valence-corrected chi connectivity index (χ4v) is 4.49. The van der Waals surface area contributed by atoms with Crippen LogP contribution in [0.5, 0.6) is 0 Å². The number of benzene rings is 3. The first-order valence-electron chi connectivity index (χ1n) is 11.2. The van der Waals surface area contributed by atoms with Crippen LogP contribution in [-0.2, 0) is 0 Å². The molecule has 3 heterocycles. The van der Waals surface area contributed by atoms with Crippen molar-refractivity contribution in [2.75, 3.05) is 18.0 Å². The lowest BCUT2D eigenvalue weighted by atomic mass is 10.1. The monoisotopic (exact) mass is 424 g/mol. The number of piperidine rings is 1. The molecule has 4 N–H and O–H groups in total. The molecule has 0 aliphatic carbocycles. The summed E-state index contributed by atoms with van der Waals surface area (Å²) in [6.07, 6.45) is 2.09. The zero-order chi connectivity index (χ0) is 21.7. The van der Waals surface area contributed by atoms with Gasteiger partial charge >= 0.3 is 0 Å². The Morgan fingerprint density at radius 1 is 0.812 bits per heavy atom. The maximum atomic E-state index is 6.06. The zero-order valence-electron chi connectivity index (χ0n) is 18.1. The number of nitrogens with one attached hydrogen (secondary N) is 2. The Labute approximate surface area is 188 Å². The maximum Gasteiger partial charge on any atom is 0.138 e. The molecule has 1 aliphatic rings. The number of nitrogens with two attached hydrogens (primary N) is 1. The van der Waals surface area contributed by atoms with Crippen molar-refractivity contribution in [1.82, 2.24) is 19.9 Å². The van der Waals surface area contributed by atoms with Gasteiger partial charge in [0.05, 0.1) is 22.1 Å². The van der Waals surface area contributed by atoms with E-state index in [0.717, 1.165) is 70.8 Å². The number of hydrogen-bond acceptors (Lipinski definition) is 4. The van der Waals surface area contributed by atoms with Crippen LogP contribution in [0.15, 0.2) is 60.7 Å². The van der Waals surface area contributed by atoms with Crippen LogP contribution in [0.1, 0.15) is 19.8 Å². The average molecular weight is 425 g/mol. The van der Waals surface area contributed by atoms with Gasteiger partial charge in [-0.3, -0.25) is 0 Å². The van der Waals surface area contributed by atoms with Crippen LogP contribution in [0.2, 0.25) is 0 Å². The van der Waals surface area contributed by atoms with E-state index in [-0.39, 0.29) is 1.43 Å². The largest absolute Gasteiger partial charge is 0.371 e. The Morgan fingerprint density at radius 3 is 2.12 bits per heavy atom. The fraction of sp³-hybridized carbons (Fsp3) is 0.231. The lowest BCUT2D eigenvalue weighted by molar-refractivity contribution is 0.501. The molecule has 6 rings (SSSR count). The lowest BCUT2D eigenvalue weighted by Crippen LogP contribution is -2.39. The topological polar surface area (TPSA) is 86.6 Å². The Hall–Kier alpha value is -3.64. The molecule has 0 bridgehead atoms. The molecule has 162 valence electrons. The fourth-order valence-electron chi connectivity index (χ4n) is 4.49. The second-order valence-corrected chi connectivity index (χ2v) is 8.79. The van der Waals surface area contributed by atoms with Crippen molar-refractivity contribution in [3.05, 3.63) is 66.2 Å². The molecule has 0 unspecified atom stereocenters. The minimum atomic E-state index is 0. The summed E-state index contributed by atoms with van der Waals surface area (Å²) < 4.78 is 0. The van der Waals surface area contributed by atoms with Crippen LogP contribution < -0.4 is 10.6 Å². The van der Waals surface area contributed by atoms with Crippen LogP contribution in [0.25, 0.3) is 44.8 Å². The van der Waals surface area contributed by atoms with Crippen molar-refractivity contribution < 1.29 is 1.43 Å². The highest BCUT2D eigenvalue weighted by molar-refractivity contribution is 5.87. The minimum absolute atomic E-state index is 0. The highest BCUT2D eigenvalue weighted by Crippen LogP contribution is 2.28. The summed E-state index contributed by atoms with van der Waals surface area (Å²) in [5.41, 5.74) is 14.6. The molecule has 6 heteroatoms. The van der Waals surface area contributed by atoms with Gasteiger partial charge in [0.2, 0.25) is 0 Å². The molecule has 32 heavy (non-hydrogen) atoms. The van der Waals surface area contributed by atoms with Crippen molar-refractivity contribution in [2.45, 2.75) is 25.8 Å². The SMILES string of the molecule is Cc1ccc(-c2nc3ccc(-c4nc5ccc(N6CCC(N)CC6)cc5[nH]4)cc3[nH]2)cc1.[HH]. The summed E-state index contributed by atoms with van der Waals surface area (Å²) in [4.78, 5) is 19.0. The molecule has 0 saturated carbocycles. The van der Waals surface area contributed by atoms with E-state index in [1.807, 2.05) is 0 Å². The van der Waals surface area contributed by atoms with E-state index in [1.165, 1.54) is 11.3 Å². The van der Waals surface area contributed by atoms with Gasteiger partial charge < -0.3 is 20.6 Å². The van der Waals surface area contributed by atoms with Crippen LogP contribution in [0.3, 0.4) is 0 Å². The van der Waals surface area contributed by atoms with Gasteiger partial charge in [-0.15, -0.1) is 0 Å². The Morgan fingerprint density at radius 2 is 1.41 bits per heavy atom. The zero-order valence-corrected chi connectivity index (χ0v) is 18.1. The first-order chi connectivity index (χ1) is 15.6. The predicted octanol–water partition coefficient (Wildman–Crippen LogP) is 5.26. The second-order valence-electron chi connectivity index (χ2n) is 8.79. The highest BCUT2D eigenvalue weighted by atomic mass is 15.1. The molecule has 6 nitrogen and oxygen atoms in total. The van der Waals surface area contributed by atoms with Gasteiger partial charge in [0.15, 0.2) is 0 Å². The van der Waals surface area contributed by atoms with Crippen LogP contribution in [0.4, 0.5) is 5.69 Å². The normalized spacial score (nSPS) is 15.1. The molecule has 1 fully saturated rings. The molecule has 5 aromatic rings. The van der Waals surface area contributed by atoms with Gasteiger partial charge in [0.25, 0.3) is 0 Å². The van der Waals surface area contributed by atoms with Crippen LogP contribution in [-0.4, -0.2) is 39.1 Å². The van der Waals surface area contributed by atoms with E-state index < -0.39 is 0 Å². The van der Waals surface area contributed by atoms with E-state index in [2.05, 4.69) is 82.5 Å². The number of imidazole rings is 2. The van der Waals surface area contributed by atoms with Gasteiger partial charge in [-0.1, -0.05) is 29.8 Å². The van der Waals surface area contributed by atoms with Gasteiger partial charge in [0.1, 0.15) is 11.6 Å². The summed E-state index contributed by atoms with van der Waals surface area (Å²) in [5.74, 6) is 1.75. The van der Waals surface area contributed by atoms with E-state index in [0.29, 0.717) is 6.04 Å². The van der Waals surface area contributed by atoms with Gasteiger partial charge in [0, 0.05) is 37.4 Å². The first-order valence-corrected chi connectivity index (χ1v) is 11.2. The average Bonchev–Trinajstić information content (AvgIpc) is 3.43. The quantitative estimate of drug-likeness (QED) is 0.369. The van der Waals surface area contributed by atoms with Gasteiger partial charge in [-0.2, -0.15) is 0 Å².